The van der Waals surface area contributed by atoms with Crippen LogP contribution in [0.15, 0.2) is 70.0 Å². The van der Waals surface area contributed by atoms with Gasteiger partial charge in [0.25, 0.3) is 0 Å². The Hall–Kier alpha value is -3.91. The lowest BCUT2D eigenvalue weighted by Crippen LogP contribution is -2.14. The van der Waals surface area contributed by atoms with E-state index in [0.29, 0.717) is 22.8 Å². The van der Waals surface area contributed by atoms with Gasteiger partial charge in [0.1, 0.15) is 11.5 Å². The molecule has 0 saturated carbocycles. The molecule has 0 bridgehead atoms. The molecular formula is C26H23NO6S. The number of benzene rings is 2. The van der Waals surface area contributed by atoms with E-state index >= 15 is 0 Å². The van der Waals surface area contributed by atoms with Crippen molar-refractivity contribution in [3.8, 4) is 11.3 Å². The summed E-state index contributed by atoms with van der Waals surface area (Å²) in [6, 6.07) is 16.9. The Morgan fingerprint density at radius 1 is 1.00 bits per heavy atom. The van der Waals surface area contributed by atoms with Gasteiger partial charge in [-0.25, -0.2) is 4.79 Å². The largest absolute Gasteiger partial charge is 0.478 e. The number of allylic oxidation sites excluding steroid dienone is 1. The van der Waals surface area contributed by atoms with Crippen LogP contribution in [0.25, 0.3) is 17.4 Å². The van der Waals surface area contributed by atoms with Gasteiger partial charge in [-0.1, -0.05) is 29.8 Å². The molecule has 1 amide bonds. The molecule has 2 N–H and O–H groups in total. The first-order valence-electron chi connectivity index (χ1n) is 10.4. The third kappa shape index (κ3) is 7.05. The Morgan fingerprint density at radius 2 is 1.74 bits per heavy atom. The van der Waals surface area contributed by atoms with Crippen molar-refractivity contribution in [2.75, 3.05) is 5.32 Å². The van der Waals surface area contributed by atoms with E-state index in [2.05, 4.69) is 5.32 Å². The summed E-state index contributed by atoms with van der Waals surface area (Å²) in [5.41, 5.74) is 2.41. The van der Waals surface area contributed by atoms with Crippen molar-refractivity contribution < 1.29 is 28.7 Å². The number of carbonyl (C=O) groups is 4. The number of carboxylic acids is 1. The van der Waals surface area contributed by atoms with Gasteiger partial charge < -0.3 is 14.8 Å². The number of nitrogens with one attached hydrogen (secondary N) is 1. The van der Waals surface area contributed by atoms with Gasteiger partial charge in [-0.15, -0.1) is 0 Å². The number of furan rings is 1. The summed E-state index contributed by atoms with van der Waals surface area (Å²) < 4.78 is 5.76. The van der Waals surface area contributed by atoms with Crippen LogP contribution in [0.4, 0.5) is 5.69 Å². The number of aromatic carboxylic acids is 1. The number of hydrogen-bond acceptors (Lipinski definition) is 6. The third-order valence-corrected chi connectivity index (χ3v) is 5.59. The maximum absolute atomic E-state index is 12.8. The molecular weight excluding hydrogens is 454 g/mol. The van der Waals surface area contributed by atoms with Crippen molar-refractivity contribution >= 4 is 46.3 Å². The molecule has 0 aliphatic heterocycles. The van der Waals surface area contributed by atoms with Gasteiger partial charge in [0, 0.05) is 31.0 Å². The predicted octanol–water partition coefficient (Wildman–Crippen LogP) is 5.56. The highest BCUT2D eigenvalue weighted by Crippen LogP contribution is 2.28. The molecule has 174 valence electrons. The summed E-state index contributed by atoms with van der Waals surface area (Å²) in [6.45, 7) is 3.29. The highest BCUT2D eigenvalue weighted by atomic mass is 32.2. The van der Waals surface area contributed by atoms with Crippen LogP contribution in [0.5, 0.6) is 0 Å². The molecule has 0 aliphatic rings. The average Bonchev–Trinajstić information content (AvgIpc) is 3.27. The number of thioether (sulfide) groups is 1. The van der Waals surface area contributed by atoms with E-state index < -0.39 is 5.97 Å². The minimum absolute atomic E-state index is 0.0338. The highest BCUT2D eigenvalue weighted by Gasteiger charge is 2.16. The quantitative estimate of drug-likeness (QED) is 0.388. The molecule has 1 aromatic heterocycles. The van der Waals surface area contributed by atoms with E-state index in [4.69, 9.17) is 9.52 Å². The average molecular weight is 478 g/mol. The van der Waals surface area contributed by atoms with Crippen molar-refractivity contribution in [2.45, 2.75) is 26.7 Å². The second kappa shape index (κ2) is 11.3. The van der Waals surface area contributed by atoms with Crippen molar-refractivity contribution in [3.05, 3.63) is 82.5 Å². The van der Waals surface area contributed by atoms with Crippen LogP contribution in [0.3, 0.4) is 0 Å². The van der Waals surface area contributed by atoms with Crippen LogP contribution in [0.1, 0.15) is 41.4 Å². The van der Waals surface area contributed by atoms with Crippen molar-refractivity contribution in [1.29, 1.82) is 0 Å². The molecule has 0 spiro atoms. The standard InChI is InChI=1S/C26H23NO6S/c1-16-6-8-20(9-7-16)27-25(30)13-11-22(29)24(34-17(2)28)15-21-10-12-23(33-21)18-4-3-5-19(14-18)26(31)32/h3-10,12,14-15H,11,13H2,1-2H3,(H,27,30)(H,31,32)/b24-15+. The number of aryl methyl sites for hydroxylation is 1. The minimum atomic E-state index is -1.05. The molecule has 0 aliphatic carbocycles. The fourth-order valence-corrected chi connectivity index (χ4v) is 3.75. The molecule has 34 heavy (non-hydrogen) atoms. The number of amides is 1. The summed E-state index contributed by atoms with van der Waals surface area (Å²) >= 11 is 0.774. The van der Waals surface area contributed by atoms with Crippen LogP contribution < -0.4 is 5.32 Å². The Morgan fingerprint density at radius 3 is 2.41 bits per heavy atom. The Labute approximate surface area is 200 Å². The lowest BCUT2D eigenvalue weighted by atomic mass is 10.1. The lowest BCUT2D eigenvalue weighted by molar-refractivity contribution is -0.120. The number of anilines is 1. The number of carboxylic acid groups (broad SMARTS) is 1. The number of ketones is 1. The summed E-state index contributed by atoms with van der Waals surface area (Å²) in [7, 11) is 0. The zero-order chi connectivity index (χ0) is 24.7. The van der Waals surface area contributed by atoms with E-state index in [0.717, 1.165) is 17.3 Å². The summed E-state index contributed by atoms with van der Waals surface area (Å²) in [5.74, 6) is -0.956. The van der Waals surface area contributed by atoms with Gasteiger partial charge in [-0.3, -0.25) is 14.4 Å². The monoisotopic (exact) mass is 477 g/mol. The summed E-state index contributed by atoms with van der Waals surface area (Å²) in [6.07, 6.45) is 1.35. The highest BCUT2D eigenvalue weighted by molar-refractivity contribution is 8.17. The van der Waals surface area contributed by atoms with Gasteiger partial charge in [0.15, 0.2) is 10.9 Å². The maximum atomic E-state index is 12.8. The van der Waals surface area contributed by atoms with E-state index in [1.165, 1.54) is 25.1 Å². The number of carbonyl (C=O) groups excluding carboxylic acids is 3. The maximum Gasteiger partial charge on any atom is 0.335 e. The second-order valence-corrected chi connectivity index (χ2v) is 8.75. The number of hydrogen-bond donors (Lipinski definition) is 2. The molecule has 3 aromatic rings. The van der Waals surface area contributed by atoms with E-state index in [9.17, 15) is 19.2 Å². The molecule has 0 atom stereocenters. The van der Waals surface area contributed by atoms with Crippen LogP contribution >= 0.6 is 11.8 Å². The molecule has 2 aromatic carbocycles. The first kappa shape index (κ1) is 24.7. The normalized spacial score (nSPS) is 11.2. The smallest absolute Gasteiger partial charge is 0.335 e. The first-order chi connectivity index (χ1) is 16.2. The Kier molecular flexibility index (Phi) is 8.21. The Bertz CT molecular complexity index is 1260. The van der Waals surface area contributed by atoms with Gasteiger partial charge >= 0.3 is 5.97 Å². The minimum Gasteiger partial charge on any atom is -0.478 e. The summed E-state index contributed by atoms with van der Waals surface area (Å²) in [5, 5.41) is 11.6. The molecule has 1 heterocycles. The van der Waals surface area contributed by atoms with E-state index in [-0.39, 0.29) is 40.1 Å². The fourth-order valence-electron chi connectivity index (χ4n) is 3.05. The topological polar surface area (TPSA) is 114 Å². The van der Waals surface area contributed by atoms with E-state index in [1.54, 1.807) is 36.4 Å². The van der Waals surface area contributed by atoms with Crippen molar-refractivity contribution in [2.24, 2.45) is 0 Å². The molecule has 0 unspecified atom stereocenters. The molecule has 3 rings (SSSR count). The zero-order valence-electron chi connectivity index (χ0n) is 18.7. The molecule has 8 heteroatoms. The zero-order valence-corrected chi connectivity index (χ0v) is 19.5. The lowest BCUT2D eigenvalue weighted by Gasteiger charge is -2.06. The van der Waals surface area contributed by atoms with Gasteiger partial charge in [0.05, 0.1) is 10.5 Å². The first-order valence-corrected chi connectivity index (χ1v) is 11.3. The van der Waals surface area contributed by atoms with Crippen LogP contribution in [-0.4, -0.2) is 27.9 Å². The fraction of sp³-hybridized carbons (Fsp3) is 0.154. The third-order valence-electron chi connectivity index (χ3n) is 4.74. The summed E-state index contributed by atoms with van der Waals surface area (Å²) in [4.78, 5) is 48.0. The van der Waals surface area contributed by atoms with Gasteiger partial charge in [0.2, 0.25) is 5.91 Å². The van der Waals surface area contributed by atoms with Crippen LogP contribution in [-0.2, 0) is 14.4 Å². The Balaban J connectivity index is 1.70. The SMILES string of the molecule is CC(=O)S/C(=C/c1ccc(-c2cccc(C(=O)O)c2)o1)C(=O)CCC(=O)Nc1ccc(C)cc1. The number of rotatable bonds is 9. The number of Topliss-reactive ketones (excluding diaryl/α,β-unsaturated/α-hetero) is 1. The second-order valence-electron chi connectivity index (χ2n) is 7.53. The van der Waals surface area contributed by atoms with Crippen molar-refractivity contribution in [3.63, 3.8) is 0 Å². The van der Waals surface area contributed by atoms with Crippen LogP contribution in [0, 0.1) is 6.92 Å². The predicted molar refractivity (Wildman–Crippen MR) is 131 cm³/mol. The van der Waals surface area contributed by atoms with Gasteiger partial charge in [-0.2, -0.15) is 0 Å². The molecule has 0 saturated heterocycles. The molecule has 7 nitrogen and oxygen atoms in total. The van der Waals surface area contributed by atoms with E-state index in [1.807, 2.05) is 19.1 Å². The van der Waals surface area contributed by atoms with Gasteiger partial charge in [-0.05, 0) is 61.2 Å². The van der Waals surface area contributed by atoms with Crippen molar-refractivity contribution in [1.82, 2.24) is 0 Å². The van der Waals surface area contributed by atoms with Crippen LogP contribution in [0.2, 0.25) is 0 Å². The molecule has 0 radical (unpaired) electrons. The molecule has 0 fully saturated rings.